The molecule has 0 saturated carbocycles. The van der Waals surface area contributed by atoms with Gasteiger partial charge in [0.25, 0.3) is 5.56 Å². The second-order valence-corrected chi connectivity index (χ2v) is 4.81. The zero-order chi connectivity index (χ0) is 13.7. The van der Waals surface area contributed by atoms with Crippen LogP contribution < -0.4 is 11.2 Å². The first-order chi connectivity index (χ1) is 8.97. The van der Waals surface area contributed by atoms with E-state index >= 15 is 0 Å². The maximum atomic E-state index is 12.0. The minimum Gasteiger partial charge on any atom is -0.291 e. The largest absolute Gasteiger partial charge is 0.329 e. The van der Waals surface area contributed by atoms with Crippen LogP contribution in [0.2, 0.25) is 0 Å². The molecule has 0 saturated heterocycles. The molecule has 3 aromatic rings. The summed E-state index contributed by atoms with van der Waals surface area (Å²) in [5.74, 6) is 0. The second kappa shape index (κ2) is 3.78. The van der Waals surface area contributed by atoms with Crippen LogP contribution in [-0.4, -0.2) is 14.5 Å². The van der Waals surface area contributed by atoms with Crippen molar-refractivity contribution in [3.8, 4) is 0 Å². The minimum absolute atomic E-state index is 0.327. The lowest BCUT2D eigenvalue weighted by Crippen LogP contribution is -2.32. The van der Waals surface area contributed by atoms with Crippen molar-refractivity contribution < 1.29 is 0 Å². The zero-order valence-electron chi connectivity index (χ0n) is 10.9. The molecule has 2 aromatic heterocycles. The van der Waals surface area contributed by atoms with E-state index in [1.54, 1.807) is 6.07 Å². The first-order valence-electron chi connectivity index (χ1n) is 5.98. The highest BCUT2D eigenvalue weighted by atomic mass is 16.2. The van der Waals surface area contributed by atoms with Crippen molar-refractivity contribution in [3.05, 3.63) is 50.2 Å². The molecule has 19 heavy (non-hydrogen) atoms. The number of fused-ring (bicyclic) bond motifs is 2. The van der Waals surface area contributed by atoms with Crippen LogP contribution in [-0.2, 0) is 7.05 Å². The van der Waals surface area contributed by atoms with Crippen LogP contribution in [0.25, 0.3) is 21.9 Å². The topological polar surface area (TPSA) is 67.8 Å². The highest BCUT2D eigenvalue weighted by molar-refractivity contribution is 5.91. The highest BCUT2D eigenvalue weighted by Gasteiger charge is 2.08. The van der Waals surface area contributed by atoms with Crippen LogP contribution in [0.3, 0.4) is 0 Å². The summed E-state index contributed by atoms with van der Waals surface area (Å²) < 4.78 is 1.05. The molecule has 0 aliphatic rings. The molecule has 0 spiro atoms. The van der Waals surface area contributed by atoms with Gasteiger partial charge in [-0.05, 0) is 43.2 Å². The van der Waals surface area contributed by atoms with Crippen molar-refractivity contribution in [1.82, 2.24) is 14.5 Å². The summed E-state index contributed by atoms with van der Waals surface area (Å²) in [5, 5.41) is 1.33. The normalized spacial score (nSPS) is 11.3. The van der Waals surface area contributed by atoms with Gasteiger partial charge in [0.15, 0.2) is 0 Å². The number of nitrogens with one attached hydrogen (secondary N) is 1. The van der Waals surface area contributed by atoms with Crippen LogP contribution in [0.4, 0.5) is 0 Å². The molecule has 0 aliphatic carbocycles. The Labute approximate surface area is 108 Å². The fourth-order valence-electron chi connectivity index (χ4n) is 2.16. The molecule has 1 N–H and O–H groups in total. The molecule has 96 valence electrons. The van der Waals surface area contributed by atoms with Gasteiger partial charge in [-0.2, -0.15) is 0 Å². The summed E-state index contributed by atoms with van der Waals surface area (Å²) >= 11 is 0. The number of nitrogens with zero attached hydrogens (tertiary/aromatic N) is 2. The molecule has 0 bridgehead atoms. The van der Waals surface area contributed by atoms with E-state index in [0.29, 0.717) is 11.0 Å². The Morgan fingerprint density at radius 2 is 1.79 bits per heavy atom. The third-order valence-electron chi connectivity index (χ3n) is 3.50. The molecule has 0 amide bonds. The van der Waals surface area contributed by atoms with E-state index in [4.69, 9.17) is 0 Å². The molecular formula is C14H13N3O2. The summed E-state index contributed by atoms with van der Waals surface area (Å²) in [6.07, 6.45) is 0. The smallest absolute Gasteiger partial charge is 0.291 e. The van der Waals surface area contributed by atoms with E-state index in [1.807, 2.05) is 26.0 Å². The number of rotatable bonds is 0. The average Bonchev–Trinajstić information content (AvgIpc) is 2.37. The van der Waals surface area contributed by atoms with Gasteiger partial charge >= 0.3 is 5.69 Å². The van der Waals surface area contributed by atoms with Crippen LogP contribution in [0.1, 0.15) is 11.1 Å². The number of H-pyrrole nitrogens is 1. The summed E-state index contributed by atoms with van der Waals surface area (Å²) in [5.41, 5.74) is 2.61. The van der Waals surface area contributed by atoms with Gasteiger partial charge in [-0.25, -0.2) is 9.78 Å². The summed E-state index contributed by atoms with van der Waals surface area (Å²) in [6, 6.07) is 5.74. The number of hydrogen-bond acceptors (Lipinski definition) is 3. The Morgan fingerprint density at radius 1 is 1.11 bits per heavy atom. The van der Waals surface area contributed by atoms with Crippen LogP contribution in [0.5, 0.6) is 0 Å². The van der Waals surface area contributed by atoms with Crippen molar-refractivity contribution >= 4 is 21.9 Å². The number of aromatic nitrogens is 3. The van der Waals surface area contributed by atoms with Crippen molar-refractivity contribution in [2.75, 3.05) is 0 Å². The fourth-order valence-corrected chi connectivity index (χ4v) is 2.16. The Morgan fingerprint density at radius 3 is 2.53 bits per heavy atom. The van der Waals surface area contributed by atoms with Gasteiger partial charge in [-0.15, -0.1) is 0 Å². The van der Waals surface area contributed by atoms with Gasteiger partial charge in [0.1, 0.15) is 5.65 Å². The van der Waals surface area contributed by atoms with Gasteiger partial charge in [-0.1, -0.05) is 0 Å². The summed E-state index contributed by atoms with van der Waals surface area (Å²) in [6.45, 7) is 4.03. The van der Waals surface area contributed by atoms with Crippen molar-refractivity contribution in [2.24, 2.45) is 7.05 Å². The van der Waals surface area contributed by atoms with Crippen molar-refractivity contribution in [3.63, 3.8) is 0 Å². The molecule has 1 aromatic carbocycles. The molecule has 0 fully saturated rings. The molecular weight excluding hydrogens is 242 g/mol. The van der Waals surface area contributed by atoms with E-state index in [-0.39, 0.29) is 5.56 Å². The predicted octanol–water partition coefficient (Wildman–Crippen LogP) is 1.39. The van der Waals surface area contributed by atoms with E-state index in [0.717, 1.165) is 26.6 Å². The van der Waals surface area contributed by atoms with Crippen LogP contribution in [0, 0.1) is 13.8 Å². The Hall–Kier alpha value is -2.43. The third kappa shape index (κ3) is 1.66. The number of hydrogen-bond donors (Lipinski definition) is 1. The first-order valence-corrected chi connectivity index (χ1v) is 5.98. The highest BCUT2D eigenvalue weighted by Crippen LogP contribution is 2.19. The van der Waals surface area contributed by atoms with Gasteiger partial charge < -0.3 is 0 Å². The molecule has 5 heteroatoms. The zero-order valence-corrected chi connectivity index (χ0v) is 10.9. The molecule has 0 atom stereocenters. The molecule has 5 nitrogen and oxygen atoms in total. The Bertz CT molecular complexity index is 935. The second-order valence-electron chi connectivity index (χ2n) is 4.81. The molecule has 0 radical (unpaired) electrons. The van der Waals surface area contributed by atoms with E-state index in [1.165, 1.54) is 7.05 Å². The Balaban J connectivity index is 2.56. The number of benzene rings is 1. The van der Waals surface area contributed by atoms with Gasteiger partial charge in [0.05, 0.1) is 10.9 Å². The SMILES string of the molecule is Cc1cc2cc3c(=O)n(C)c(=O)[nH]c3nc2cc1C. The number of aromatic amines is 1. The molecule has 0 aliphatic heterocycles. The Kier molecular flexibility index (Phi) is 2.32. The average molecular weight is 255 g/mol. The maximum absolute atomic E-state index is 12.0. The van der Waals surface area contributed by atoms with Gasteiger partial charge in [-0.3, -0.25) is 14.3 Å². The molecule has 2 heterocycles. The molecule has 3 rings (SSSR count). The lowest BCUT2D eigenvalue weighted by Gasteiger charge is -2.05. The van der Waals surface area contributed by atoms with E-state index < -0.39 is 5.69 Å². The van der Waals surface area contributed by atoms with Crippen LogP contribution >= 0.6 is 0 Å². The standard InChI is InChI=1S/C14H13N3O2/c1-7-4-9-6-10-12(15-11(9)5-8(7)2)16-14(19)17(3)13(10)18/h4-6H,1-3H3,(H,15,16,19). The third-order valence-corrected chi connectivity index (χ3v) is 3.50. The number of aryl methyl sites for hydroxylation is 2. The quantitative estimate of drug-likeness (QED) is 0.617. The van der Waals surface area contributed by atoms with E-state index in [9.17, 15) is 9.59 Å². The minimum atomic E-state index is -0.451. The number of pyridine rings is 1. The summed E-state index contributed by atoms with van der Waals surface area (Å²) in [4.78, 5) is 30.6. The lowest BCUT2D eigenvalue weighted by atomic mass is 10.1. The van der Waals surface area contributed by atoms with Crippen molar-refractivity contribution in [2.45, 2.75) is 13.8 Å². The lowest BCUT2D eigenvalue weighted by molar-refractivity contribution is 0.791. The maximum Gasteiger partial charge on any atom is 0.329 e. The predicted molar refractivity (Wildman–Crippen MR) is 74.6 cm³/mol. The monoisotopic (exact) mass is 255 g/mol. The van der Waals surface area contributed by atoms with Gasteiger partial charge in [0, 0.05) is 12.4 Å². The van der Waals surface area contributed by atoms with Gasteiger partial charge in [0.2, 0.25) is 0 Å². The first kappa shape index (κ1) is 11.6. The van der Waals surface area contributed by atoms with E-state index in [2.05, 4.69) is 9.97 Å². The fraction of sp³-hybridized carbons (Fsp3) is 0.214. The molecule has 0 unspecified atom stereocenters. The van der Waals surface area contributed by atoms with Crippen LogP contribution in [0.15, 0.2) is 27.8 Å². The van der Waals surface area contributed by atoms with Crippen molar-refractivity contribution in [1.29, 1.82) is 0 Å². The summed E-state index contributed by atoms with van der Waals surface area (Å²) in [7, 11) is 1.45.